The molecule has 1 unspecified atom stereocenters. The predicted octanol–water partition coefficient (Wildman–Crippen LogP) is 0.870. The number of carbonyl (C=O) groups is 2. The zero-order valence-electron chi connectivity index (χ0n) is 8.98. The highest BCUT2D eigenvalue weighted by molar-refractivity contribution is 7.99. The molecule has 5 heteroatoms. The predicted molar refractivity (Wildman–Crippen MR) is 59.8 cm³/mol. The van der Waals surface area contributed by atoms with Crippen molar-refractivity contribution >= 4 is 24.0 Å². The summed E-state index contributed by atoms with van der Waals surface area (Å²) < 4.78 is 4.53. The molecule has 1 N–H and O–H groups in total. The largest absolute Gasteiger partial charge is 0.469 e. The van der Waals surface area contributed by atoms with Crippen LogP contribution in [0.15, 0.2) is 0 Å². The van der Waals surface area contributed by atoms with Gasteiger partial charge in [0.1, 0.15) is 6.29 Å². The first kappa shape index (κ1) is 14.5. The number of hydrogen-bond donors (Lipinski definition) is 1. The number of rotatable bonds is 9. The summed E-state index contributed by atoms with van der Waals surface area (Å²) in [6, 6.07) is 0. The van der Waals surface area contributed by atoms with Crippen LogP contribution in [0.4, 0.5) is 0 Å². The Morgan fingerprint density at radius 3 is 2.87 bits per heavy atom. The second-order valence-electron chi connectivity index (χ2n) is 3.18. The van der Waals surface area contributed by atoms with Crippen molar-refractivity contribution in [3.8, 4) is 0 Å². The molecular formula is C10H18O4S. The standard InChI is InChI=1S/C10H18O4S/c1-14-10(13)3-2-9(4-5-11)8-15-7-6-12/h5,9,12H,2-4,6-8H2,1H3. The van der Waals surface area contributed by atoms with Crippen LogP contribution in [0.25, 0.3) is 0 Å². The number of thioether (sulfide) groups is 1. The smallest absolute Gasteiger partial charge is 0.305 e. The first-order valence-corrected chi connectivity index (χ1v) is 6.09. The first-order chi connectivity index (χ1) is 7.24. The zero-order valence-corrected chi connectivity index (χ0v) is 9.79. The number of aliphatic hydroxyl groups is 1. The maximum atomic E-state index is 10.9. The van der Waals surface area contributed by atoms with Crippen LogP contribution in [0.3, 0.4) is 0 Å². The van der Waals surface area contributed by atoms with E-state index in [9.17, 15) is 9.59 Å². The molecule has 0 fully saturated rings. The van der Waals surface area contributed by atoms with Crippen molar-refractivity contribution < 1.29 is 19.4 Å². The fourth-order valence-corrected chi connectivity index (χ4v) is 2.08. The van der Waals surface area contributed by atoms with E-state index in [2.05, 4.69) is 4.74 Å². The van der Waals surface area contributed by atoms with Gasteiger partial charge in [0.05, 0.1) is 13.7 Å². The van der Waals surface area contributed by atoms with Crippen LogP contribution in [0.5, 0.6) is 0 Å². The second kappa shape index (κ2) is 9.98. The fraction of sp³-hybridized carbons (Fsp3) is 0.800. The molecule has 0 saturated carbocycles. The fourth-order valence-electron chi connectivity index (χ4n) is 1.14. The quantitative estimate of drug-likeness (QED) is 0.364. The summed E-state index contributed by atoms with van der Waals surface area (Å²) >= 11 is 1.60. The van der Waals surface area contributed by atoms with E-state index in [0.717, 1.165) is 12.0 Å². The molecule has 4 nitrogen and oxygen atoms in total. The van der Waals surface area contributed by atoms with Gasteiger partial charge in [0.15, 0.2) is 0 Å². The number of esters is 1. The molecule has 88 valence electrons. The highest BCUT2D eigenvalue weighted by Crippen LogP contribution is 2.16. The second-order valence-corrected chi connectivity index (χ2v) is 4.33. The summed E-state index contributed by atoms with van der Waals surface area (Å²) in [4.78, 5) is 21.3. The topological polar surface area (TPSA) is 63.6 Å². The highest BCUT2D eigenvalue weighted by Gasteiger charge is 2.11. The van der Waals surface area contributed by atoms with E-state index in [1.807, 2.05) is 0 Å². The van der Waals surface area contributed by atoms with Gasteiger partial charge in [0.2, 0.25) is 0 Å². The zero-order chi connectivity index (χ0) is 11.5. The Morgan fingerprint density at radius 1 is 1.60 bits per heavy atom. The number of aldehydes is 1. The molecule has 0 aliphatic heterocycles. The molecule has 0 aliphatic carbocycles. The Morgan fingerprint density at radius 2 is 2.33 bits per heavy atom. The Bertz CT molecular complexity index is 184. The van der Waals surface area contributed by atoms with Crippen LogP contribution in [-0.2, 0) is 14.3 Å². The molecule has 1 atom stereocenters. The number of aliphatic hydroxyl groups excluding tert-OH is 1. The van der Waals surface area contributed by atoms with Crippen LogP contribution < -0.4 is 0 Å². The van der Waals surface area contributed by atoms with Crippen LogP contribution >= 0.6 is 11.8 Å². The van der Waals surface area contributed by atoms with Gasteiger partial charge >= 0.3 is 5.97 Å². The lowest BCUT2D eigenvalue weighted by atomic mass is 10.0. The van der Waals surface area contributed by atoms with Crippen LogP contribution in [-0.4, -0.2) is 42.6 Å². The van der Waals surface area contributed by atoms with E-state index >= 15 is 0 Å². The van der Waals surface area contributed by atoms with Gasteiger partial charge in [-0.15, -0.1) is 0 Å². The van der Waals surface area contributed by atoms with Crippen LogP contribution in [0.2, 0.25) is 0 Å². The molecular weight excluding hydrogens is 216 g/mol. The van der Waals surface area contributed by atoms with Gasteiger partial charge < -0.3 is 14.6 Å². The Labute approximate surface area is 94.4 Å². The minimum Gasteiger partial charge on any atom is -0.469 e. The first-order valence-electron chi connectivity index (χ1n) is 4.93. The normalized spacial score (nSPS) is 12.1. The monoisotopic (exact) mass is 234 g/mol. The summed E-state index contributed by atoms with van der Waals surface area (Å²) in [5.41, 5.74) is 0. The van der Waals surface area contributed by atoms with Gasteiger partial charge in [-0.2, -0.15) is 11.8 Å². The van der Waals surface area contributed by atoms with Gasteiger partial charge in [-0.3, -0.25) is 4.79 Å². The van der Waals surface area contributed by atoms with Crippen LogP contribution in [0, 0.1) is 5.92 Å². The number of hydrogen-bond acceptors (Lipinski definition) is 5. The average Bonchev–Trinajstić information content (AvgIpc) is 2.25. The summed E-state index contributed by atoms with van der Waals surface area (Å²) in [5, 5.41) is 8.60. The van der Waals surface area contributed by atoms with Crippen molar-refractivity contribution in [3.63, 3.8) is 0 Å². The van der Waals surface area contributed by atoms with Gasteiger partial charge in [0, 0.05) is 18.6 Å². The maximum absolute atomic E-state index is 10.9. The Hall–Kier alpha value is -0.550. The third-order valence-corrected chi connectivity index (χ3v) is 3.18. The summed E-state index contributed by atoms with van der Waals surface area (Å²) in [7, 11) is 1.36. The molecule has 0 spiro atoms. The molecule has 0 bridgehead atoms. The van der Waals surface area contributed by atoms with Crippen LogP contribution in [0.1, 0.15) is 19.3 Å². The lowest BCUT2D eigenvalue weighted by molar-refractivity contribution is -0.141. The molecule has 0 aromatic carbocycles. The Balaban J connectivity index is 3.71. The van der Waals surface area contributed by atoms with Gasteiger partial charge in [-0.1, -0.05) is 0 Å². The molecule has 0 rings (SSSR count). The maximum Gasteiger partial charge on any atom is 0.305 e. The van der Waals surface area contributed by atoms with Gasteiger partial charge in [0.25, 0.3) is 0 Å². The number of methoxy groups -OCH3 is 1. The van der Waals surface area contributed by atoms with E-state index in [0.29, 0.717) is 25.0 Å². The average molecular weight is 234 g/mol. The van der Waals surface area contributed by atoms with Crippen molar-refractivity contribution in [1.82, 2.24) is 0 Å². The lowest BCUT2D eigenvalue weighted by Gasteiger charge is -2.12. The molecule has 15 heavy (non-hydrogen) atoms. The third kappa shape index (κ3) is 8.44. The van der Waals surface area contributed by atoms with Crippen molar-refractivity contribution in [1.29, 1.82) is 0 Å². The minimum absolute atomic E-state index is 0.148. The van der Waals surface area contributed by atoms with E-state index in [1.165, 1.54) is 7.11 Å². The SMILES string of the molecule is COC(=O)CCC(CC=O)CSCCO. The molecule has 0 heterocycles. The van der Waals surface area contributed by atoms with E-state index < -0.39 is 0 Å². The number of carbonyl (C=O) groups excluding carboxylic acids is 2. The van der Waals surface area contributed by atoms with Gasteiger partial charge in [-0.25, -0.2) is 0 Å². The van der Waals surface area contributed by atoms with Gasteiger partial charge in [-0.05, 0) is 18.1 Å². The van der Waals surface area contributed by atoms with Crippen molar-refractivity contribution in [2.45, 2.75) is 19.3 Å². The molecule has 0 aliphatic rings. The minimum atomic E-state index is -0.238. The van der Waals surface area contributed by atoms with Crippen molar-refractivity contribution in [3.05, 3.63) is 0 Å². The third-order valence-electron chi connectivity index (χ3n) is 2.00. The summed E-state index contributed by atoms with van der Waals surface area (Å²) in [6.07, 6.45) is 2.37. The summed E-state index contributed by atoms with van der Waals surface area (Å²) in [5.74, 6) is 1.44. The number of ether oxygens (including phenoxy) is 1. The molecule has 0 aromatic heterocycles. The molecule has 0 saturated heterocycles. The molecule has 0 aromatic rings. The van der Waals surface area contributed by atoms with E-state index in [4.69, 9.17) is 5.11 Å². The molecule has 0 amide bonds. The Kier molecular flexibility index (Phi) is 9.62. The lowest BCUT2D eigenvalue weighted by Crippen LogP contribution is -2.10. The molecule has 0 radical (unpaired) electrons. The highest BCUT2D eigenvalue weighted by atomic mass is 32.2. The van der Waals surface area contributed by atoms with Crippen molar-refractivity contribution in [2.75, 3.05) is 25.2 Å². The summed E-state index contributed by atoms with van der Waals surface area (Å²) in [6.45, 7) is 0.148. The van der Waals surface area contributed by atoms with E-state index in [1.54, 1.807) is 11.8 Å². The van der Waals surface area contributed by atoms with Crippen molar-refractivity contribution in [2.24, 2.45) is 5.92 Å². The van der Waals surface area contributed by atoms with E-state index in [-0.39, 0.29) is 18.5 Å².